The summed E-state index contributed by atoms with van der Waals surface area (Å²) in [5.41, 5.74) is 1.46. The molecule has 2 rings (SSSR count). The summed E-state index contributed by atoms with van der Waals surface area (Å²) in [4.78, 5) is 26.6. The van der Waals surface area contributed by atoms with Crippen LogP contribution in [-0.2, 0) is 9.59 Å². The van der Waals surface area contributed by atoms with Gasteiger partial charge in [-0.3, -0.25) is 9.59 Å². The molecule has 1 heterocycles. The smallest absolute Gasteiger partial charge is 0.315 e. The average molecular weight is 264 g/mol. The minimum absolute atomic E-state index is 0.525. The third kappa shape index (κ3) is 2.48. The van der Waals surface area contributed by atoms with Crippen molar-refractivity contribution < 1.29 is 14.7 Å². The van der Waals surface area contributed by atoms with E-state index in [4.69, 9.17) is 5.11 Å². The molecule has 0 saturated carbocycles. The largest absolute Gasteiger partial charge is 0.481 e. The highest BCUT2D eigenvalue weighted by Crippen LogP contribution is 2.24. The minimum atomic E-state index is -1.14. The summed E-state index contributed by atoms with van der Waals surface area (Å²) in [6.07, 6.45) is 0. The van der Waals surface area contributed by atoms with Crippen LogP contribution in [0, 0.1) is 12.8 Å². The van der Waals surface area contributed by atoms with Crippen LogP contribution < -0.4 is 5.32 Å². The number of nitrogens with one attached hydrogen (secondary N) is 1. The topological polar surface area (TPSA) is 79.3 Å². The highest BCUT2D eigenvalue weighted by atomic mass is 32.1. The molecule has 1 amide bonds. The number of nitrogens with zero attached hydrogens (tertiary/aromatic N) is 1. The first-order chi connectivity index (χ1) is 8.47. The predicted molar refractivity (Wildman–Crippen MR) is 69.8 cm³/mol. The minimum Gasteiger partial charge on any atom is -0.481 e. The van der Waals surface area contributed by atoms with Crippen LogP contribution in [0.1, 0.15) is 11.9 Å². The summed E-state index contributed by atoms with van der Waals surface area (Å²) in [6, 6.07) is 5.32. The second-order valence-electron chi connectivity index (χ2n) is 3.96. The molecule has 0 aliphatic rings. The average Bonchev–Trinajstić information content (AvgIpc) is 2.67. The number of aliphatic carboxylic acids is 1. The van der Waals surface area contributed by atoms with Crippen LogP contribution in [0.15, 0.2) is 18.2 Å². The van der Waals surface area contributed by atoms with Gasteiger partial charge in [-0.15, -0.1) is 11.3 Å². The first-order valence-electron chi connectivity index (χ1n) is 5.38. The Balaban J connectivity index is 2.21. The molecule has 1 atom stereocenters. The van der Waals surface area contributed by atoms with Crippen LogP contribution >= 0.6 is 11.3 Å². The fourth-order valence-electron chi connectivity index (χ4n) is 1.48. The van der Waals surface area contributed by atoms with E-state index in [0.29, 0.717) is 5.69 Å². The SMILES string of the molecule is Cc1nc2ccc(NC(=O)C(C)C(=O)O)cc2s1. The number of hydrogen-bond acceptors (Lipinski definition) is 4. The second-order valence-corrected chi connectivity index (χ2v) is 5.20. The van der Waals surface area contributed by atoms with Crippen molar-refractivity contribution in [1.82, 2.24) is 4.98 Å². The van der Waals surface area contributed by atoms with Crippen molar-refractivity contribution in [3.63, 3.8) is 0 Å². The number of thiazole rings is 1. The van der Waals surface area contributed by atoms with Gasteiger partial charge in [0.15, 0.2) is 0 Å². The van der Waals surface area contributed by atoms with E-state index in [1.54, 1.807) is 18.2 Å². The summed E-state index contributed by atoms with van der Waals surface area (Å²) in [5.74, 6) is -2.73. The number of aryl methyl sites for hydroxylation is 1. The van der Waals surface area contributed by atoms with Crippen molar-refractivity contribution in [2.75, 3.05) is 5.32 Å². The molecule has 1 aromatic heterocycles. The van der Waals surface area contributed by atoms with Crippen LogP contribution in [0.2, 0.25) is 0 Å². The van der Waals surface area contributed by atoms with Gasteiger partial charge in [0, 0.05) is 5.69 Å². The summed E-state index contributed by atoms with van der Waals surface area (Å²) < 4.78 is 0.966. The molecule has 0 aliphatic carbocycles. The van der Waals surface area contributed by atoms with Gasteiger partial charge in [0.2, 0.25) is 5.91 Å². The van der Waals surface area contributed by atoms with Gasteiger partial charge in [0.05, 0.1) is 15.2 Å². The van der Waals surface area contributed by atoms with Crippen LogP contribution in [0.5, 0.6) is 0 Å². The Labute approximate surface area is 107 Å². The number of fused-ring (bicyclic) bond motifs is 1. The van der Waals surface area contributed by atoms with E-state index in [0.717, 1.165) is 15.2 Å². The first-order valence-corrected chi connectivity index (χ1v) is 6.20. The molecule has 94 valence electrons. The molecule has 0 radical (unpaired) electrons. The predicted octanol–water partition coefficient (Wildman–Crippen LogP) is 2.26. The number of amides is 1. The normalized spacial score (nSPS) is 12.3. The highest BCUT2D eigenvalue weighted by Gasteiger charge is 2.20. The van der Waals surface area contributed by atoms with Gasteiger partial charge >= 0.3 is 5.97 Å². The van der Waals surface area contributed by atoms with E-state index in [-0.39, 0.29) is 0 Å². The van der Waals surface area contributed by atoms with E-state index in [1.807, 2.05) is 6.92 Å². The van der Waals surface area contributed by atoms with Crippen molar-refractivity contribution in [3.05, 3.63) is 23.2 Å². The van der Waals surface area contributed by atoms with E-state index in [1.165, 1.54) is 18.3 Å². The lowest BCUT2D eigenvalue weighted by Gasteiger charge is -2.07. The fraction of sp³-hybridized carbons (Fsp3) is 0.250. The van der Waals surface area contributed by atoms with Crippen molar-refractivity contribution in [3.8, 4) is 0 Å². The van der Waals surface area contributed by atoms with Gasteiger partial charge in [-0.05, 0) is 32.0 Å². The lowest BCUT2D eigenvalue weighted by atomic mass is 10.1. The maximum Gasteiger partial charge on any atom is 0.315 e. The Morgan fingerprint density at radius 3 is 2.83 bits per heavy atom. The van der Waals surface area contributed by atoms with Gasteiger partial charge in [-0.25, -0.2) is 4.98 Å². The van der Waals surface area contributed by atoms with Crippen LogP contribution in [0.3, 0.4) is 0 Å². The number of hydrogen-bond donors (Lipinski definition) is 2. The van der Waals surface area contributed by atoms with Crippen molar-refractivity contribution in [2.24, 2.45) is 5.92 Å². The summed E-state index contributed by atoms with van der Waals surface area (Å²) in [6.45, 7) is 3.27. The van der Waals surface area contributed by atoms with Gasteiger partial charge in [-0.1, -0.05) is 0 Å². The van der Waals surface area contributed by atoms with Gasteiger partial charge in [0.25, 0.3) is 0 Å². The third-order valence-corrected chi connectivity index (χ3v) is 3.46. The number of carboxylic acid groups (broad SMARTS) is 1. The molecule has 0 saturated heterocycles. The van der Waals surface area contributed by atoms with Crippen molar-refractivity contribution in [1.29, 1.82) is 0 Å². The standard InChI is InChI=1S/C12H12N2O3S/c1-6(12(16)17)11(15)14-8-3-4-9-10(5-8)18-7(2)13-9/h3-6H,1-2H3,(H,14,15)(H,16,17). The molecule has 0 bridgehead atoms. The number of rotatable bonds is 3. The monoisotopic (exact) mass is 264 g/mol. The lowest BCUT2D eigenvalue weighted by molar-refractivity contribution is -0.144. The molecule has 5 nitrogen and oxygen atoms in total. The summed E-state index contributed by atoms with van der Waals surface area (Å²) >= 11 is 1.53. The quantitative estimate of drug-likeness (QED) is 0.833. The molecular formula is C12H12N2O3S. The molecular weight excluding hydrogens is 252 g/mol. The van der Waals surface area contributed by atoms with Crippen LogP contribution in [0.4, 0.5) is 5.69 Å². The number of anilines is 1. The Hall–Kier alpha value is -1.95. The van der Waals surface area contributed by atoms with Gasteiger partial charge in [-0.2, -0.15) is 0 Å². The molecule has 2 N–H and O–H groups in total. The van der Waals surface area contributed by atoms with Crippen LogP contribution in [-0.4, -0.2) is 22.0 Å². The van der Waals surface area contributed by atoms with E-state index in [9.17, 15) is 9.59 Å². The first kappa shape index (κ1) is 12.5. The lowest BCUT2D eigenvalue weighted by Crippen LogP contribution is -2.26. The summed E-state index contributed by atoms with van der Waals surface area (Å²) in [5, 5.41) is 12.3. The molecule has 2 aromatic rings. The molecule has 1 unspecified atom stereocenters. The molecule has 18 heavy (non-hydrogen) atoms. The number of aromatic nitrogens is 1. The third-order valence-electron chi connectivity index (χ3n) is 2.53. The van der Waals surface area contributed by atoms with Crippen molar-refractivity contribution in [2.45, 2.75) is 13.8 Å². The molecule has 1 aromatic carbocycles. The van der Waals surface area contributed by atoms with Crippen molar-refractivity contribution >= 4 is 39.1 Å². The Kier molecular flexibility index (Phi) is 3.29. The zero-order valence-corrected chi connectivity index (χ0v) is 10.7. The number of benzene rings is 1. The molecule has 0 spiro atoms. The Morgan fingerprint density at radius 1 is 1.44 bits per heavy atom. The Morgan fingerprint density at radius 2 is 2.17 bits per heavy atom. The number of carbonyl (C=O) groups is 2. The molecule has 6 heteroatoms. The summed E-state index contributed by atoms with van der Waals surface area (Å²) in [7, 11) is 0. The van der Waals surface area contributed by atoms with E-state index in [2.05, 4.69) is 10.3 Å². The zero-order valence-electron chi connectivity index (χ0n) is 9.93. The zero-order chi connectivity index (χ0) is 13.3. The maximum absolute atomic E-state index is 11.6. The van der Waals surface area contributed by atoms with Crippen LogP contribution in [0.25, 0.3) is 10.2 Å². The fourth-order valence-corrected chi connectivity index (χ4v) is 2.35. The Bertz CT molecular complexity index is 621. The number of carbonyl (C=O) groups excluding carboxylic acids is 1. The number of carboxylic acids is 1. The maximum atomic E-state index is 11.6. The van der Waals surface area contributed by atoms with Gasteiger partial charge < -0.3 is 10.4 Å². The van der Waals surface area contributed by atoms with E-state index < -0.39 is 17.8 Å². The highest BCUT2D eigenvalue weighted by molar-refractivity contribution is 7.18. The van der Waals surface area contributed by atoms with E-state index >= 15 is 0 Å². The van der Waals surface area contributed by atoms with Gasteiger partial charge in [0.1, 0.15) is 5.92 Å². The molecule has 0 aliphatic heterocycles. The second kappa shape index (κ2) is 4.73. The molecule has 0 fully saturated rings.